The van der Waals surface area contributed by atoms with Gasteiger partial charge in [0.15, 0.2) is 0 Å². The Balaban J connectivity index is 1.38. The highest BCUT2D eigenvalue weighted by Gasteiger charge is 2.24. The van der Waals surface area contributed by atoms with Crippen LogP contribution in [0.4, 0.5) is 5.82 Å². The number of aromatic nitrogens is 2. The molecule has 2 N–H and O–H groups in total. The minimum Gasteiger partial charge on any atom is -0.354 e. The van der Waals surface area contributed by atoms with Gasteiger partial charge in [0.2, 0.25) is 11.8 Å². The molecule has 0 radical (unpaired) electrons. The van der Waals surface area contributed by atoms with Crippen LogP contribution in [0.15, 0.2) is 66.7 Å². The predicted molar refractivity (Wildman–Crippen MR) is 124 cm³/mol. The number of nitrogens with one attached hydrogen (secondary N) is 2. The lowest BCUT2D eigenvalue weighted by Gasteiger charge is -2.10. The van der Waals surface area contributed by atoms with Crippen molar-refractivity contribution in [2.75, 3.05) is 11.9 Å². The summed E-state index contributed by atoms with van der Waals surface area (Å²) < 4.78 is 1.61. The van der Waals surface area contributed by atoms with Gasteiger partial charge in [0.1, 0.15) is 12.4 Å². The molecular formula is C24H24N4O2S. The van der Waals surface area contributed by atoms with Crippen LogP contribution < -0.4 is 10.6 Å². The standard InChI is InChI=1S/C24H24N4O2S/c29-22(12-11-18-7-3-1-4-8-18)26-24-20-16-31-17-21(20)27-28(24)15-23(30)25-14-13-19-9-5-2-6-10-19/h1-12H,13-17H2,(H,25,30)(H,26,29)/b12-11-. The fourth-order valence-corrected chi connectivity index (χ4v) is 4.43. The number of amides is 2. The number of rotatable bonds is 8. The largest absolute Gasteiger partial charge is 0.354 e. The van der Waals surface area contributed by atoms with Gasteiger partial charge in [0.05, 0.1) is 5.69 Å². The summed E-state index contributed by atoms with van der Waals surface area (Å²) in [5, 5.41) is 10.4. The van der Waals surface area contributed by atoms with Crippen LogP contribution in [0.3, 0.4) is 0 Å². The molecule has 2 aromatic carbocycles. The number of hydrogen-bond acceptors (Lipinski definition) is 4. The molecule has 0 saturated carbocycles. The van der Waals surface area contributed by atoms with Crippen LogP contribution >= 0.6 is 11.8 Å². The Morgan fingerprint density at radius 3 is 2.55 bits per heavy atom. The number of carbonyl (C=O) groups excluding carboxylic acids is 2. The van der Waals surface area contributed by atoms with Crippen LogP contribution in [0.5, 0.6) is 0 Å². The molecule has 0 aliphatic carbocycles. The first-order valence-corrected chi connectivity index (χ1v) is 11.4. The molecule has 2 heterocycles. The van der Waals surface area contributed by atoms with Gasteiger partial charge in [-0.05, 0) is 23.6 Å². The molecule has 1 aliphatic heterocycles. The molecule has 0 fully saturated rings. The normalized spacial score (nSPS) is 12.6. The van der Waals surface area contributed by atoms with Gasteiger partial charge in [0, 0.05) is 29.7 Å². The topological polar surface area (TPSA) is 76.0 Å². The van der Waals surface area contributed by atoms with Gasteiger partial charge in [-0.25, -0.2) is 4.68 Å². The van der Waals surface area contributed by atoms with E-state index in [1.54, 1.807) is 22.5 Å². The van der Waals surface area contributed by atoms with Crippen LogP contribution in [0.2, 0.25) is 0 Å². The molecule has 0 saturated heterocycles. The number of benzene rings is 2. The first-order valence-electron chi connectivity index (χ1n) is 10.2. The zero-order valence-corrected chi connectivity index (χ0v) is 17.9. The number of nitrogens with zero attached hydrogens (tertiary/aromatic N) is 2. The molecule has 4 rings (SSSR count). The SMILES string of the molecule is O=C(/C=C\c1ccccc1)Nc1c2c(nn1CC(=O)NCCc1ccccc1)CSC2. The number of hydrogen-bond donors (Lipinski definition) is 2. The summed E-state index contributed by atoms with van der Waals surface area (Å²) in [5.41, 5.74) is 4.06. The quantitative estimate of drug-likeness (QED) is 0.533. The maximum atomic E-state index is 12.5. The van der Waals surface area contributed by atoms with Gasteiger partial charge >= 0.3 is 0 Å². The van der Waals surface area contributed by atoms with E-state index in [4.69, 9.17) is 0 Å². The van der Waals surface area contributed by atoms with Gasteiger partial charge < -0.3 is 10.6 Å². The molecule has 158 valence electrons. The molecule has 1 aliphatic rings. The summed E-state index contributed by atoms with van der Waals surface area (Å²) in [6.07, 6.45) is 4.04. The van der Waals surface area contributed by atoms with Crippen molar-refractivity contribution in [3.05, 3.63) is 89.1 Å². The molecule has 0 atom stereocenters. The van der Waals surface area contributed by atoms with E-state index in [0.29, 0.717) is 12.4 Å². The van der Waals surface area contributed by atoms with Crippen LogP contribution in [-0.4, -0.2) is 28.1 Å². The summed E-state index contributed by atoms with van der Waals surface area (Å²) >= 11 is 1.75. The Morgan fingerprint density at radius 2 is 1.77 bits per heavy atom. The maximum Gasteiger partial charge on any atom is 0.249 e. The lowest BCUT2D eigenvalue weighted by molar-refractivity contribution is -0.121. The van der Waals surface area contributed by atoms with E-state index >= 15 is 0 Å². The van der Waals surface area contributed by atoms with Crippen LogP contribution in [-0.2, 0) is 34.1 Å². The lowest BCUT2D eigenvalue weighted by atomic mass is 10.1. The van der Waals surface area contributed by atoms with Gasteiger partial charge in [0.25, 0.3) is 0 Å². The monoisotopic (exact) mass is 432 g/mol. The van der Waals surface area contributed by atoms with Crippen LogP contribution in [0, 0.1) is 0 Å². The Labute approximate surface area is 185 Å². The Kier molecular flexibility index (Phi) is 6.84. The minimum absolute atomic E-state index is 0.0739. The second kappa shape index (κ2) is 10.1. The highest BCUT2D eigenvalue weighted by Crippen LogP contribution is 2.34. The molecule has 6 nitrogen and oxygen atoms in total. The van der Waals surface area contributed by atoms with Crippen molar-refractivity contribution in [1.29, 1.82) is 0 Å². The van der Waals surface area contributed by atoms with Crippen molar-refractivity contribution in [1.82, 2.24) is 15.1 Å². The highest BCUT2D eigenvalue weighted by molar-refractivity contribution is 7.98. The molecule has 1 aromatic heterocycles. The zero-order chi connectivity index (χ0) is 21.5. The van der Waals surface area contributed by atoms with Crippen molar-refractivity contribution >= 4 is 35.5 Å². The number of anilines is 1. The Bertz CT molecular complexity index is 1080. The fourth-order valence-electron chi connectivity index (χ4n) is 3.40. The van der Waals surface area contributed by atoms with E-state index in [2.05, 4.69) is 15.7 Å². The molecule has 0 bridgehead atoms. The van der Waals surface area contributed by atoms with E-state index in [0.717, 1.165) is 34.7 Å². The van der Waals surface area contributed by atoms with Gasteiger partial charge in [-0.1, -0.05) is 60.7 Å². The fraction of sp³-hybridized carbons (Fsp3) is 0.208. The Hall–Kier alpha value is -3.32. The van der Waals surface area contributed by atoms with Crippen LogP contribution in [0.1, 0.15) is 22.4 Å². The highest BCUT2D eigenvalue weighted by atomic mass is 32.2. The number of fused-ring (bicyclic) bond motifs is 1. The first-order chi connectivity index (χ1) is 15.2. The third-order valence-electron chi connectivity index (χ3n) is 4.96. The molecule has 2 amide bonds. The average Bonchev–Trinajstić information content (AvgIpc) is 3.36. The molecule has 3 aromatic rings. The molecule has 0 unspecified atom stereocenters. The summed E-state index contributed by atoms with van der Waals surface area (Å²) in [5.74, 6) is 1.82. The van der Waals surface area contributed by atoms with E-state index in [9.17, 15) is 9.59 Å². The molecule has 7 heteroatoms. The van der Waals surface area contributed by atoms with Crippen molar-refractivity contribution in [2.24, 2.45) is 0 Å². The van der Waals surface area contributed by atoms with Crippen LogP contribution in [0.25, 0.3) is 6.08 Å². The second-order valence-electron chi connectivity index (χ2n) is 7.24. The third-order valence-corrected chi connectivity index (χ3v) is 5.93. The predicted octanol–water partition coefficient (Wildman–Crippen LogP) is 3.64. The second-order valence-corrected chi connectivity index (χ2v) is 8.23. The van der Waals surface area contributed by atoms with Gasteiger partial charge in [-0.15, -0.1) is 0 Å². The summed E-state index contributed by atoms with van der Waals surface area (Å²) in [6, 6.07) is 19.7. The van der Waals surface area contributed by atoms with Crippen molar-refractivity contribution < 1.29 is 9.59 Å². The average molecular weight is 433 g/mol. The molecule has 31 heavy (non-hydrogen) atoms. The first kappa shape index (κ1) is 20.9. The summed E-state index contributed by atoms with van der Waals surface area (Å²) in [6.45, 7) is 0.631. The molecule has 0 spiro atoms. The van der Waals surface area contributed by atoms with E-state index in [-0.39, 0.29) is 18.4 Å². The van der Waals surface area contributed by atoms with Crippen molar-refractivity contribution in [3.8, 4) is 0 Å². The van der Waals surface area contributed by atoms with E-state index in [1.165, 1.54) is 11.6 Å². The summed E-state index contributed by atoms with van der Waals surface area (Å²) in [4.78, 5) is 25.0. The van der Waals surface area contributed by atoms with Gasteiger partial charge in [-0.2, -0.15) is 16.9 Å². The lowest BCUT2D eigenvalue weighted by Crippen LogP contribution is -2.30. The Morgan fingerprint density at radius 1 is 1.03 bits per heavy atom. The summed E-state index contributed by atoms with van der Waals surface area (Å²) in [7, 11) is 0. The molecular weight excluding hydrogens is 408 g/mol. The zero-order valence-electron chi connectivity index (χ0n) is 17.1. The number of carbonyl (C=O) groups is 2. The van der Waals surface area contributed by atoms with Crippen molar-refractivity contribution in [3.63, 3.8) is 0 Å². The van der Waals surface area contributed by atoms with E-state index < -0.39 is 0 Å². The maximum absolute atomic E-state index is 12.5. The van der Waals surface area contributed by atoms with E-state index in [1.807, 2.05) is 60.7 Å². The van der Waals surface area contributed by atoms with Crippen molar-refractivity contribution in [2.45, 2.75) is 24.5 Å². The third kappa shape index (κ3) is 5.64. The smallest absolute Gasteiger partial charge is 0.249 e. The number of thioether (sulfide) groups is 1. The minimum atomic E-state index is -0.241. The van der Waals surface area contributed by atoms with Gasteiger partial charge in [-0.3, -0.25) is 9.59 Å².